The minimum absolute atomic E-state index is 0. The molecule has 1 aliphatic carbocycles. The summed E-state index contributed by atoms with van der Waals surface area (Å²) in [7, 11) is -1.45. The van der Waals surface area contributed by atoms with Crippen LogP contribution in [0.4, 0.5) is 0 Å². The first-order chi connectivity index (χ1) is 12.1. The second-order valence-corrected chi connectivity index (χ2v) is 9.18. The van der Waals surface area contributed by atoms with E-state index in [4.69, 9.17) is 0 Å². The van der Waals surface area contributed by atoms with E-state index in [9.17, 15) is 8.42 Å². The molecule has 0 radical (unpaired) electrons. The first-order valence-electron chi connectivity index (χ1n) is 9.39. The third-order valence-electron chi connectivity index (χ3n) is 5.51. The third-order valence-corrected chi connectivity index (χ3v) is 6.86. The maximum atomic E-state index is 12.1. The molecule has 2 N–H and O–H groups in total. The first kappa shape index (κ1) is 21.9. The number of sulfonamides is 1. The van der Waals surface area contributed by atoms with Crippen LogP contribution >= 0.6 is 24.0 Å². The van der Waals surface area contributed by atoms with Crippen LogP contribution in [0, 0.1) is 5.92 Å². The minimum atomic E-state index is -3.21. The minimum Gasteiger partial charge on any atom is -0.355 e. The number of halogens is 1. The molecule has 0 aromatic carbocycles. The quantitative estimate of drug-likeness (QED) is 0.236. The molecule has 2 heterocycles. The average Bonchev–Trinajstić information content (AvgIpc) is 3.20. The highest BCUT2D eigenvalue weighted by atomic mass is 127. The maximum absolute atomic E-state index is 12.1. The van der Waals surface area contributed by atoms with Crippen LogP contribution in [0.1, 0.15) is 25.7 Å². The highest BCUT2D eigenvalue weighted by Crippen LogP contribution is 2.25. The van der Waals surface area contributed by atoms with Gasteiger partial charge in [0.05, 0.1) is 5.75 Å². The van der Waals surface area contributed by atoms with E-state index in [0.29, 0.717) is 25.0 Å². The van der Waals surface area contributed by atoms with Crippen molar-refractivity contribution in [3.8, 4) is 0 Å². The Morgan fingerprint density at radius 1 is 1.23 bits per heavy atom. The Balaban J connectivity index is 0.00000243. The van der Waals surface area contributed by atoms with Gasteiger partial charge in [-0.15, -0.1) is 24.0 Å². The van der Waals surface area contributed by atoms with E-state index in [0.717, 1.165) is 51.4 Å². The van der Waals surface area contributed by atoms with Gasteiger partial charge in [-0.3, -0.25) is 9.89 Å². The van der Waals surface area contributed by atoms with Gasteiger partial charge in [0.2, 0.25) is 10.0 Å². The van der Waals surface area contributed by atoms with Gasteiger partial charge in [0.25, 0.3) is 0 Å². The second-order valence-electron chi connectivity index (χ2n) is 7.25. The summed E-state index contributed by atoms with van der Waals surface area (Å²) < 4.78 is 26.9. The van der Waals surface area contributed by atoms with E-state index in [1.807, 2.05) is 0 Å². The number of guanidine groups is 1. The van der Waals surface area contributed by atoms with Crippen LogP contribution in [0.25, 0.3) is 0 Å². The average molecular weight is 497 g/mol. The van der Waals surface area contributed by atoms with Crippen molar-refractivity contribution in [1.82, 2.24) is 19.8 Å². The zero-order chi connectivity index (χ0) is 17.7. The summed E-state index contributed by atoms with van der Waals surface area (Å²) >= 11 is 0. The van der Waals surface area contributed by atoms with E-state index in [1.165, 1.54) is 6.42 Å². The van der Waals surface area contributed by atoms with E-state index in [1.54, 1.807) is 7.05 Å². The molecule has 26 heavy (non-hydrogen) atoms. The van der Waals surface area contributed by atoms with Gasteiger partial charge in [0.1, 0.15) is 0 Å². The van der Waals surface area contributed by atoms with Gasteiger partial charge >= 0.3 is 0 Å². The van der Waals surface area contributed by atoms with E-state index >= 15 is 0 Å². The largest absolute Gasteiger partial charge is 0.355 e. The molecule has 3 rings (SSSR count). The van der Waals surface area contributed by atoms with Crippen molar-refractivity contribution in [2.24, 2.45) is 10.9 Å². The fourth-order valence-electron chi connectivity index (χ4n) is 3.67. The molecule has 0 aromatic heterocycles. The zero-order valence-electron chi connectivity index (χ0n) is 15.6. The van der Waals surface area contributed by atoms with Crippen molar-refractivity contribution >= 4 is 40.0 Å². The molecule has 3 aliphatic rings. The molecule has 2 aliphatic heterocycles. The normalized spacial score (nSPS) is 24.6. The monoisotopic (exact) mass is 497 g/mol. The van der Waals surface area contributed by atoms with E-state index in [-0.39, 0.29) is 29.7 Å². The lowest BCUT2D eigenvalue weighted by atomic mass is 9.86. The molecule has 1 saturated heterocycles. The molecule has 1 saturated carbocycles. The first-order valence-corrected chi connectivity index (χ1v) is 11.0. The number of aliphatic imine (C=N–C) groups is 1. The lowest BCUT2D eigenvalue weighted by Crippen LogP contribution is -2.45. The summed E-state index contributed by atoms with van der Waals surface area (Å²) in [5.41, 5.74) is 0. The van der Waals surface area contributed by atoms with Crippen LogP contribution in [0.15, 0.2) is 17.1 Å². The van der Waals surface area contributed by atoms with Crippen LogP contribution in [0.5, 0.6) is 0 Å². The molecule has 7 nitrogen and oxygen atoms in total. The van der Waals surface area contributed by atoms with Gasteiger partial charge in [0, 0.05) is 52.4 Å². The number of nitrogens with one attached hydrogen (secondary N) is 2. The second kappa shape index (κ2) is 10.2. The fraction of sp³-hybridized carbons (Fsp3) is 0.824. The zero-order valence-corrected chi connectivity index (χ0v) is 18.7. The molecule has 0 amide bonds. The predicted octanol–water partition coefficient (Wildman–Crippen LogP) is 0.845. The molecule has 0 aromatic rings. The molecular formula is C17H32IN5O2S. The SMILES string of the molecule is CN=C(NCCS(=O)(=O)NCC1CCC1)N1CCC(N2CC=CC2)C1.I. The van der Waals surface area contributed by atoms with Crippen molar-refractivity contribution in [2.45, 2.75) is 31.7 Å². The van der Waals surface area contributed by atoms with Gasteiger partial charge in [-0.25, -0.2) is 13.1 Å². The molecule has 1 atom stereocenters. The summed E-state index contributed by atoms with van der Waals surface area (Å²) in [4.78, 5) is 9.04. The van der Waals surface area contributed by atoms with Crippen LogP contribution in [-0.2, 0) is 10.0 Å². The standard InChI is InChI=1S/C17H31N5O2S.HI/c1-18-17(22-11-7-16(14-22)21-9-2-3-10-21)19-8-12-25(23,24)20-13-15-5-4-6-15;/h2-3,15-16,20H,4-14H2,1H3,(H,18,19);1H. The van der Waals surface area contributed by atoms with Crippen molar-refractivity contribution in [3.05, 3.63) is 12.2 Å². The van der Waals surface area contributed by atoms with Crippen molar-refractivity contribution < 1.29 is 8.42 Å². The topological polar surface area (TPSA) is 77.0 Å². The number of likely N-dealkylation sites (tertiary alicyclic amines) is 1. The highest BCUT2D eigenvalue weighted by molar-refractivity contribution is 14.0. The Kier molecular flexibility index (Phi) is 8.62. The Labute approximate surface area is 174 Å². The van der Waals surface area contributed by atoms with Crippen molar-refractivity contribution in [3.63, 3.8) is 0 Å². The lowest BCUT2D eigenvalue weighted by molar-refractivity contribution is 0.259. The third kappa shape index (κ3) is 6.07. The smallest absolute Gasteiger partial charge is 0.213 e. The summed E-state index contributed by atoms with van der Waals surface area (Å²) in [5, 5.41) is 3.22. The van der Waals surface area contributed by atoms with Crippen molar-refractivity contribution in [1.29, 1.82) is 0 Å². The number of nitrogens with zero attached hydrogens (tertiary/aromatic N) is 3. The van der Waals surface area contributed by atoms with Gasteiger partial charge in [-0.1, -0.05) is 18.6 Å². The Bertz CT molecular complexity index is 598. The van der Waals surface area contributed by atoms with Gasteiger partial charge in [-0.2, -0.15) is 0 Å². The summed E-state index contributed by atoms with van der Waals surface area (Å²) in [6.07, 6.45) is 9.10. The Morgan fingerprint density at radius 2 is 1.96 bits per heavy atom. The van der Waals surface area contributed by atoms with E-state index < -0.39 is 10.0 Å². The molecule has 2 fully saturated rings. The van der Waals surface area contributed by atoms with Gasteiger partial charge < -0.3 is 10.2 Å². The van der Waals surface area contributed by atoms with Crippen LogP contribution in [0.2, 0.25) is 0 Å². The van der Waals surface area contributed by atoms with Crippen molar-refractivity contribution in [2.75, 3.05) is 52.1 Å². The Morgan fingerprint density at radius 3 is 2.58 bits per heavy atom. The van der Waals surface area contributed by atoms with E-state index in [2.05, 4.69) is 37.0 Å². The molecule has 1 unspecified atom stereocenters. The summed E-state index contributed by atoms with van der Waals surface area (Å²) in [6.45, 7) is 4.97. The molecule has 0 bridgehead atoms. The van der Waals surface area contributed by atoms with Gasteiger partial charge in [-0.05, 0) is 25.2 Å². The lowest BCUT2D eigenvalue weighted by Gasteiger charge is -2.26. The highest BCUT2D eigenvalue weighted by Gasteiger charge is 2.29. The summed E-state index contributed by atoms with van der Waals surface area (Å²) in [5.74, 6) is 1.44. The molecule has 0 spiro atoms. The number of rotatable bonds is 7. The number of hydrogen-bond acceptors (Lipinski definition) is 4. The molecule has 9 heteroatoms. The Hall–Kier alpha value is -0.390. The van der Waals surface area contributed by atoms with Crippen LogP contribution in [0.3, 0.4) is 0 Å². The van der Waals surface area contributed by atoms with Gasteiger partial charge in [0.15, 0.2) is 5.96 Å². The summed E-state index contributed by atoms with van der Waals surface area (Å²) in [6, 6.07) is 0.557. The van der Waals surface area contributed by atoms with Crippen LogP contribution in [-0.4, -0.2) is 82.3 Å². The predicted molar refractivity (Wildman–Crippen MR) is 117 cm³/mol. The van der Waals surface area contributed by atoms with Crippen LogP contribution < -0.4 is 10.0 Å². The fourth-order valence-corrected chi connectivity index (χ4v) is 4.67. The molecular weight excluding hydrogens is 465 g/mol. The number of hydrogen-bond donors (Lipinski definition) is 2. The maximum Gasteiger partial charge on any atom is 0.213 e. The molecule has 150 valence electrons.